The predicted molar refractivity (Wildman–Crippen MR) is 58.5 cm³/mol. The summed E-state index contributed by atoms with van der Waals surface area (Å²) in [5.74, 6) is -0.408. The molecule has 8 nitrogen and oxygen atoms in total. The summed E-state index contributed by atoms with van der Waals surface area (Å²) in [7, 11) is 0. The molecule has 1 rings (SSSR count). The summed E-state index contributed by atoms with van der Waals surface area (Å²) < 4.78 is 0. The summed E-state index contributed by atoms with van der Waals surface area (Å²) in [6.07, 6.45) is 1.43. The Morgan fingerprint density at radius 3 is 2.94 bits per heavy atom. The summed E-state index contributed by atoms with van der Waals surface area (Å²) in [6, 6.07) is -1.04. The van der Waals surface area contributed by atoms with Crippen molar-refractivity contribution in [1.29, 1.82) is 0 Å². The van der Waals surface area contributed by atoms with Gasteiger partial charge in [-0.1, -0.05) is 5.18 Å². The van der Waals surface area contributed by atoms with E-state index in [4.69, 9.17) is 10.6 Å². The summed E-state index contributed by atoms with van der Waals surface area (Å²) in [5, 5.41) is 2.88. The average Bonchev–Trinajstić information content (AvgIpc) is 2.38. The fourth-order valence-electron chi connectivity index (χ4n) is 1.71. The van der Waals surface area contributed by atoms with E-state index in [1.807, 2.05) is 0 Å². The van der Waals surface area contributed by atoms with Gasteiger partial charge in [-0.05, 0) is 12.8 Å². The van der Waals surface area contributed by atoms with Crippen molar-refractivity contribution in [3.05, 3.63) is 4.91 Å². The summed E-state index contributed by atoms with van der Waals surface area (Å²) in [6.45, 7) is 0.666. The van der Waals surface area contributed by atoms with E-state index in [0.29, 0.717) is 25.8 Å². The lowest BCUT2D eigenvalue weighted by atomic mass is 9.99. The van der Waals surface area contributed by atoms with Gasteiger partial charge in [0.05, 0.1) is 6.61 Å². The van der Waals surface area contributed by atoms with Crippen LogP contribution in [0.4, 0.5) is 0 Å². The van der Waals surface area contributed by atoms with Crippen LogP contribution in [0.5, 0.6) is 0 Å². The molecule has 1 heterocycles. The Bertz CT molecular complexity index is 286. The Labute approximate surface area is 98.4 Å². The molecule has 0 saturated carbocycles. The predicted octanol–water partition coefficient (Wildman–Crippen LogP) is -1.25. The van der Waals surface area contributed by atoms with Crippen LogP contribution in [0.15, 0.2) is 5.18 Å². The fourth-order valence-corrected chi connectivity index (χ4v) is 1.71. The number of amides is 2. The number of nitrogens with one attached hydrogen (secondary N) is 1. The second-order valence-corrected chi connectivity index (χ2v) is 3.76. The molecule has 96 valence electrons. The molecule has 1 fully saturated rings. The van der Waals surface area contributed by atoms with Crippen molar-refractivity contribution in [2.75, 3.05) is 19.7 Å². The number of rotatable bonds is 6. The number of hydrogen-bond donors (Lipinski definition) is 2. The summed E-state index contributed by atoms with van der Waals surface area (Å²) in [5.41, 5.74) is 7.42. The van der Waals surface area contributed by atoms with Crippen LogP contribution in [0.3, 0.4) is 0 Å². The van der Waals surface area contributed by atoms with Crippen LogP contribution < -0.4 is 11.2 Å². The largest absolute Gasteiger partial charge is 0.331 e. The third kappa shape index (κ3) is 3.75. The first-order valence-corrected chi connectivity index (χ1v) is 5.38. The molecule has 8 heteroatoms. The van der Waals surface area contributed by atoms with Gasteiger partial charge in [0.15, 0.2) is 0 Å². The van der Waals surface area contributed by atoms with Gasteiger partial charge < -0.3 is 10.6 Å². The number of nitroso groups, excluding NO2 is 1. The first kappa shape index (κ1) is 13.5. The van der Waals surface area contributed by atoms with Crippen LogP contribution in [-0.2, 0) is 14.4 Å². The lowest BCUT2D eigenvalue weighted by Crippen LogP contribution is -2.52. The maximum atomic E-state index is 11.7. The molecular formula is C9H16N4O4. The van der Waals surface area contributed by atoms with Crippen LogP contribution in [-0.4, -0.2) is 49.0 Å². The van der Waals surface area contributed by atoms with E-state index in [0.717, 1.165) is 0 Å². The second kappa shape index (κ2) is 6.92. The number of hydrogen-bond acceptors (Lipinski definition) is 6. The number of carbonyl (C=O) groups is 2. The highest BCUT2D eigenvalue weighted by atomic mass is 16.7. The Hall–Kier alpha value is -1.54. The maximum absolute atomic E-state index is 11.7. The Balaban J connectivity index is 2.48. The molecule has 0 radical (unpaired) electrons. The van der Waals surface area contributed by atoms with Crippen LogP contribution in [0.2, 0.25) is 0 Å². The molecule has 2 amide bonds. The van der Waals surface area contributed by atoms with Crippen molar-refractivity contribution in [2.24, 2.45) is 10.9 Å². The molecule has 0 aromatic carbocycles. The smallest absolute Gasteiger partial charge is 0.266 e. The molecule has 0 unspecified atom stereocenters. The number of hydroxylamine groups is 1. The molecule has 0 aliphatic carbocycles. The molecular weight excluding hydrogens is 228 g/mol. The van der Waals surface area contributed by atoms with Gasteiger partial charge in [-0.25, -0.2) is 5.48 Å². The molecule has 17 heavy (non-hydrogen) atoms. The Morgan fingerprint density at radius 1 is 1.59 bits per heavy atom. The topological polar surface area (TPSA) is 114 Å². The molecule has 0 spiro atoms. The summed E-state index contributed by atoms with van der Waals surface area (Å²) >= 11 is 0. The van der Waals surface area contributed by atoms with Crippen molar-refractivity contribution in [1.82, 2.24) is 10.4 Å². The van der Waals surface area contributed by atoms with Gasteiger partial charge in [-0.3, -0.25) is 14.4 Å². The SMILES string of the molecule is NCCONC(=O)[C@@H]1CC[C@@H](N=O)CN1C=O. The molecule has 1 aliphatic rings. The van der Waals surface area contributed by atoms with Crippen LogP contribution in [0.1, 0.15) is 12.8 Å². The second-order valence-electron chi connectivity index (χ2n) is 3.76. The zero-order valence-electron chi connectivity index (χ0n) is 9.37. The minimum Gasteiger partial charge on any atom is -0.331 e. The molecule has 1 saturated heterocycles. The zero-order valence-corrected chi connectivity index (χ0v) is 9.37. The number of piperidine rings is 1. The van der Waals surface area contributed by atoms with Gasteiger partial charge in [0.2, 0.25) is 6.41 Å². The molecule has 2 atom stereocenters. The molecule has 0 aromatic heterocycles. The van der Waals surface area contributed by atoms with Crippen LogP contribution in [0.25, 0.3) is 0 Å². The van der Waals surface area contributed by atoms with Crippen molar-refractivity contribution in [2.45, 2.75) is 24.9 Å². The Morgan fingerprint density at radius 2 is 2.35 bits per heavy atom. The van der Waals surface area contributed by atoms with Crippen LogP contribution >= 0.6 is 0 Å². The minimum atomic E-state index is -0.608. The first-order chi connectivity index (χ1) is 8.22. The quantitative estimate of drug-likeness (QED) is 0.262. The Kier molecular flexibility index (Phi) is 5.50. The van der Waals surface area contributed by atoms with Gasteiger partial charge in [0, 0.05) is 13.1 Å². The van der Waals surface area contributed by atoms with E-state index in [1.54, 1.807) is 0 Å². The molecule has 3 N–H and O–H groups in total. The molecule has 1 aliphatic heterocycles. The molecule has 0 bridgehead atoms. The minimum absolute atomic E-state index is 0.169. The monoisotopic (exact) mass is 244 g/mol. The fraction of sp³-hybridized carbons (Fsp3) is 0.778. The van der Waals surface area contributed by atoms with E-state index in [1.165, 1.54) is 4.90 Å². The van der Waals surface area contributed by atoms with Crippen molar-refractivity contribution in [3.8, 4) is 0 Å². The van der Waals surface area contributed by atoms with E-state index >= 15 is 0 Å². The third-order valence-corrected chi connectivity index (χ3v) is 2.58. The average molecular weight is 244 g/mol. The lowest BCUT2D eigenvalue weighted by Gasteiger charge is -2.33. The third-order valence-electron chi connectivity index (χ3n) is 2.58. The normalized spacial score (nSPS) is 24.2. The van der Waals surface area contributed by atoms with Gasteiger partial charge in [0.25, 0.3) is 5.91 Å². The van der Waals surface area contributed by atoms with Crippen molar-refractivity contribution < 1.29 is 14.4 Å². The van der Waals surface area contributed by atoms with Crippen molar-refractivity contribution in [3.63, 3.8) is 0 Å². The number of likely N-dealkylation sites (tertiary alicyclic amines) is 1. The van der Waals surface area contributed by atoms with Gasteiger partial charge in [-0.2, -0.15) is 4.91 Å². The van der Waals surface area contributed by atoms with Gasteiger partial charge in [-0.15, -0.1) is 0 Å². The van der Waals surface area contributed by atoms with Crippen molar-refractivity contribution >= 4 is 12.3 Å². The number of nitrogens with zero attached hydrogens (tertiary/aromatic N) is 2. The number of nitrogens with two attached hydrogens (primary N) is 1. The highest BCUT2D eigenvalue weighted by Gasteiger charge is 2.32. The summed E-state index contributed by atoms with van der Waals surface area (Å²) in [4.78, 5) is 38.9. The van der Waals surface area contributed by atoms with E-state index in [9.17, 15) is 14.5 Å². The first-order valence-electron chi connectivity index (χ1n) is 5.38. The standard InChI is InChI=1S/C9H16N4O4/c10-3-4-17-12-9(15)8-2-1-7(11-16)5-13(8)6-14/h6-8H,1-5,10H2,(H,12,15)/t7-,8+/m1/s1. The van der Waals surface area contributed by atoms with Crippen LogP contribution in [0, 0.1) is 4.91 Å². The van der Waals surface area contributed by atoms with E-state index in [-0.39, 0.29) is 13.2 Å². The zero-order chi connectivity index (χ0) is 12.7. The van der Waals surface area contributed by atoms with E-state index < -0.39 is 18.0 Å². The highest BCUT2D eigenvalue weighted by Crippen LogP contribution is 2.18. The van der Waals surface area contributed by atoms with Gasteiger partial charge >= 0.3 is 0 Å². The van der Waals surface area contributed by atoms with E-state index in [2.05, 4.69) is 10.7 Å². The lowest BCUT2D eigenvalue weighted by molar-refractivity contribution is -0.144. The number of carbonyl (C=O) groups excluding carboxylic acids is 2. The molecule has 0 aromatic rings. The highest BCUT2D eigenvalue weighted by molar-refractivity contribution is 5.82. The van der Waals surface area contributed by atoms with Gasteiger partial charge in [0.1, 0.15) is 12.1 Å². The maximum Gasteiger partial charge on any atom is 0.266 e.